The molecule has 2 heteroatoms. The minimum Gasteiger partial charge on any atom is -0.360 e. The summed E-state index contributed by atoms with van der Waals surface area (Å²) in [5.74, 6) is 0. The lowest BCUT2D eigenvalue weighted by molar-refractivity contribution is 0.923. The molecular weight excluding hydrogens is 148 g/mol. The summed E-state index contributed by atoms with van der Waals surface area (Å²) in [6.45, 7) is 2.19. The van der Waals surface area contributed by atoms with Crippen molar-refractivity contribution in [2.75, 3.05) is 0 Å². The molecule has 0 spiro atoms. The van der Waals surface area contributed by atoms with Crippen LogP contribution in [0.5, 0.6) is 0 Å². The van der Waals surface area contributed by atoms with Gasteiger partial charge in [-0.1, -0.05) is 13.3 Å². The van der Waals surface area contributed by atoms with Gasteiger partial charge in [-0.25, -0.2) is 0 Å². The standard InChI is InChI=1S/C10H12N2/c1-2-3-8-6-11-7-10-9(8)4-5-12-10/h4-7,12H,2-3H2,1H3. The Hall–Kier alpha value is -1.31. The number of hydrogen-bond donors (Lipinski definition) is 1. The summed E-state index contributed by atoms with van der Waals surface area (Å²) in [7, 11) is 0. The Balaban J connectivity index is 2.57. The van der Waals surface area contributed by atoms with E-state index in [-0.39, 0.29) is 0 Å². The Morgan fingerprint density at radius 2 is 2.33 bits per heavy atom. The van der Waals surface area contributed by atoms with Gasteiger partial charge in [0.2, 0.25) is 0 Å². The van der Waals surface area contributed by atoms with Crippen LogP contribution in [0.3, 0.4) is 0 Å². The molecule has 0 bridgehead atoms. The molecule has 0 saturated carbocycles. The Labute approximate surface area is 71.6 Å². The summed E-state index contributed by atoms with van der Waals surface area (Å²) in [6, 6.07) is 2.11. The van der Waals surface area contributed by atoms with Crippen molar-refractivity contribution in [3.8, 4) is 0 Å². The van der Waals surface area contributed by atoms with E-state index in [2.05, 4.69) is 23.0 Å². The highest BCUT2D eigenvalue weighted by atomic mass is 14.7. The van der Waals surface area contributed by atoms with Crippen LogP contribution in [0.15, 0.2) is 24.7 Å². The van der Waals surface area contributed by atoms with Crippen molar-refractivity contribution >= 4 is 10.9 Å². The zero-order valence-electron chi connectivity index (χ0n) is 7.17. The Kier molecular flexibility index (Phi) is 1.82. The second kappa shape index (κ2) is 2.97. The Bertz CT molecular complexity index is 376. The average molecular weight is 160 g/mol. The van der Waals surface area contributed by atoms with E-state index in [9.17, 15) is 0 Å². The van der Waals surface area contributed by atoms with E-state index in [1.807, 2.05) is 18.6 Å². The molecule has 0 fully saturated rings. The van der Waals surface area contributed by atoms with E-state index >= 15 is 0 Å². The first-order valence-electron chi connectivity index (χ1n) is 4.32. The van der Waals surface area contributed by atoms with Gasteiger partial charge in [0, 0.05) is 17.8 Å². The van der Waals surface area contributed by atoms with Gasteiger partial charge in [0.15, 0.2) is 0 Å². The predicted molar refractivity (Wildman–Crippen MR) is 50.1 cm³/mol. The maximum absolute atomic E-state index is 4.17. The zero-order chi connectivity index (χ0) is 8.39. The van der Waals surface area contributed by atoms with Crippen LogP contribution >= 0.6 is 0 Å². The molecule has 0 unspecified atom stereocenters. The van der Waals surface area contributed by atoms with Crippen LogP contribution in [-0.4, -0.2) is 9.97 Å². The summed E-state index contributed by atoms with van der Waals surface area (Å²) in [6.07, 6.45) is 8.08. The maximum atomic E-state index is 4.17. The minimum absolute atomic E-state index is 1.11. The molecule has 0 amide bonds. The van der Waals surface area contributed by atoms with Crippen molar-refractivity contribution in [1.29, 1.82) is 0 Å². The van der Waals surface area contributed by atoms with Crippen LogP contribution in [0.25, 0.3) is 10.9 Å². The lowest BCUT2D eigenvalue weighted by atomic mass is 10.1. The molecular formula is C10H12N2. The number of hydrogen-bond acceptors (Lipinski definition) is 1. The Morgan fingerprint density at radius 1 is 1.42 bits per heavy atom. The molecule has 0 atom stereocenters. The highest BCUT2D eigenvalue weighted by Crippen LogP contribution is 2.16. The summed E-state index contributed by atoms with van der Waals surface area (Å²) < 4.78 is 0. The number of nitrogens with zero attached hydrogens (tertiary/aromatic N) is 1. The third-order valence-electron chi connectivity index (χ3n) is 2.08. The normalized spacial score (nSPS) is 10.8. The fourth-order valence-electron chi connectivity index (χ4n) is 1.51. The van der Waals surface area contributed by atoms with E-state index in [0.717, 1.165) is 11.9 Å². The van der Waals surface area contributed by atoms with Gasteiger partial charge in [-0.3, -0.25) is 4.98 Å². The van der Waals surface area contributed by atoms with E-state index in [1.54, 1.807) is 0 Å². The van der Waals surface area contributed by atoms with Crippen molar-refractivity contribution in [2.24, 2.45) is 0 Å². The fraction of sp³-hybridized carbons (Fsp3) is 0.300. The first kappa shape index (κ1) is 7.35. The molecule has 0 saturated heterocycles. The fourth-order valence-corrected chi connectivity index (χ4v) is 1.51. The highest BCUT2D eigenvalue weighted by Gasteiger charge is 1.99. The highest BCUT2D eigenvalue weighted by molar-refractivity contribution is 5.81. The molecule has 0 aliphatic carbocycles. The number of H-pyrrole nitrogens is 1. The number of aromatic nitrogens is 2. The number of nitrogens with one attached hydrogen (secondary N) is 1. The molecule has 0 aliphatic rings. The number of aryl methyl sites for hydroxylation is 1. The zero-order valence-corrected chi connectivity index (χ0v) is 7.17. The molecule has 0 aromatic carbocycles. The smallest absolute Gasteiger partial charge is 0.0643 e. The lowest BCUT2D eigenvalue weighted by Gasteiger charge is -1.98. The van der Waals surface area contributed by atoms with Gasteiger partial charge in [-0.2, -0.15) is 0 Å². The molecule has 2 aromatic rings. The quantitative estimate of drug-likeness (QED) is 0.718. The SMILES string of the molecule is CCCc1cncc2[nH]ccc12. The van der Waals surface area contributed by atoms with Crippen molar-refractivity contribution in [3.05, 3.63) is 30.2 Å². The van der Waals surface area contributed by atoms with Gasteiger partial charge >= 0.3 is 0 Å². The largest absolute Gasteiger partial charge is 0.360 e. The first-order valence-corrected chi connectivity index (χ1v) is 4.32. The second-order valence-electron chi connectivity index (χ2n) is 2.99. The number of rotatable bonds is 2. The monoisotopic (exact) mass is 160 g/mol. The topological polar surface area (TPSA) is 28.7 Å². The van der Waals surface area contributed by atoms with Crippen LogP contribution in [0, 0.1) is 0 Å². The predicted octanol–water partition coefficient (Wildman–Crippen LogP) is 2.52. The molecule has 2 rings (SSSR count). The molecule has 1 N–H and O–H groups in total. The van der Waals surface area contributed by atoms with E-state index < -0.39 is 0 Å². The van der Waals surface area contributed by atoms with Gasteiger partial charge in [0.25, 0.3) is 0 Å². The van der Waals surface area contributed by atoms with Crippen molar-refractivity contribution in [1.82, 2.24) is 9.97 Å². The molecule has 62 valence electrons. The Morgan fingerprint density at radius 3 is 3.17 bits per heavy atom. The number of pyridine rings is 1. The minimum atomic E-state index is 1.11. The number of aromatic amines is 1. The van der Waals surface area contributed by atoms with E-state index in [1.165, 1.54) is 17.4 Å². The number of fused-ring (bicyclic) bond motifs is 1. The molecule has 12 heavy (non-hydrogen) atoms. The van der Waals surface area contributed by atoms with Crippen LogP contribution in [0.1, 0.15) is 18.9 Å². The summed E-state index contributed by atoms with van der Waals surface area (Å²) in [5, 5.41) is 1.31. The molecule has 2 aromatic heterocycles. The molecule has 0 aliphatic heterocycles. The summed E-state index contributed by atoms with van der Waals surface area (Å²) >= 11 is 0. The summed E-state index contributed by atoms with van der Waals surface area (Å²) in [5.41, 5.74) is 2.48. The first-order chi connectivity index (χ1) is 5.92. The van der Waals surface area contributed by atoms with Gasteiger partial charge in [0.1, 0.15) is 0 Å². The van der Waals surface area contributed by atoms with Crippen LogP contribution in [0.4, 0.5) is 0 Å². The summed E-state index contributed by atoms with van der Waals surface area (Å²) in [4.78, 5) is 7.33. The van der Waals surface area contributed by atoms with Crippen molar-refractivity contribution in [2.45, 2.75) is 19.8 Å². The van der Waals surface area contributed by atoms with E-state index in [4.69, 9.17) is 0 Å². The van der Waals surface area contributed by atoms with Crippen LogP contribution in [0.2, 0.25) is 0 Å². The molecule has 0 radical (unpaired) electrons. The van der Waals surface area contributed by atoms with Gasteiger partial charge in [0.05, 0.1) is 11.7 Å². The van der Waals surface area contributed by atoms with Gasteiger partial charge in [-0.05, 0) is 18.1 Å². The van der Waals surface area contributed by atoms with Crippen molar-refractivity contribution in [3.63, 3.8) is 0 Å². The third-order valence-corrected chi connectivity index (χ3v) is 2.08. The second-order valence-corrected chi connectivity index (χ2v) is 2.99. The maximum Gasteiger partial charge on any atom is 0.0643 e. The van der Waals surface area contributed by atoms with Crippen LogP contribution in [-0.2, 0) is 6.42 Å². The third kappa shape index (κ3) is 1.09. The molecule has 2 heterocycles. The van der Waals surface area contributed by atoms with E-state index in [0.29, 0.717) is 0 Å². The van der Waals surface area contributed by atoms with Gasteiger partial charge < -0.3 is 4.98 Å². The van der Waals surface area contributed by atoms with Gasteiger partial charge in [-0.15, -0.1) is 0 Å². The van der Waals surface area contributed by atoms with Crippen LogP contribution < -0.4 is 0 Å². The lowest BCUT2D eigenvalue weighted by Crippen LogP contribution is -1.85. The molecule has 2 nitrogen and oxygen atoms in total. The van der Waals surface area contributed by atoms with Crippen molar-refractivity contribution < 1.29 is 0 Å². The average Bonchev–Trinajstić information content (AvgIpc) is 2.53.